The second kappa shape index (κ2) is 8.51. The van der Waals surface area contributed by atoms with E-state index in [1.165, 1.54) is 60.4 Å². The predicted octanol–water partition coefficient (Wildman–Crippen LogP) is 3.75. The SMILES string of the molecule is CCOC(=O)C1C(=O)CC(c2ccc(F)cc2)N(C(C)=O)C1c1ccc(F)cc1. The van der Waals surface area contributed by atoms with Crippen molar-refractivity contribution in [3.8, 4) is 0 Å². The van der Waals surface area contributed by atoms with Crippen molar-refractivity contribution in [1.29, 1.82) is 0 Å². The Kier molecular flexibility index (Phi) is 6.06. The first-order valence-electron chi connectivity index (χ1n) is 9.32. The number of Topliss-reactive ketones (excluding diaryl/α,β-unsaturated/α-hetero) is 1. The molecule has 0 aromatic heterocycles. The number of halogens is 2. The van der Waals surface area contributed by atoms with Crippen LogP contribution in [0, 0.1) is 17.6 Å². The third-order valence-corrected chi connectivity index (χ3v) is 5.06. The summed E-state index contributed by atoms with van der Waals surface area (Å²) in [6.07, 6.45) is -0.105. The van der Waals surface area contributed by atoms with E-state index in [0.29, 0.717) is 11.1 Å². The van der Waals surface area contributed by atoms with Gasteiger partial charge in [0, 0.05) is 13.3 Å². The highest BCUT2D eigenvalue weighted by molar-refractivity contribution is 6.02. The molecule has 1 fully saturated rings. The summed E-state index contributed by atoms with van der Waals surface area (Å²) in [7, 11) is 0. The Hall–Kier alpha value is -3.09. The van der Waals surface area contributed by atoms with Crippen LogP contribution in [0.2, 0.25) is 0 Å². The number of nitrogens with zero attached hydrogens (tertiary/aromatic N) is 1. The number of amides is 1. The van der Waals surface area contributed by atoms with Crippen molar-refractivity contribution in [2.24, 2.45) is 5.92 Å². The molecule has 7 heteroatoms. The lowest BCUT2D eigenvalue weighted by atomic mass is 9.79. The van der Waals surface area contributed by atoms with E-state index in [1.54, 1.807) is 6.92 Å². The van der Waals surface area contributed by atoms with E-state index in [2.05, 4.69) is 0 Å². The van der Waals surface area contributed by atoms with E-state index < -0.39 is 35.6 Å². The Morgan fingerprint density at radius 1 is 1.00 bits per heavy atom. The van der Waals surface area contributed by atoms with E-state index in [4.69, 9.17) is 4.74 Å². The van der Waals surface area contributed by atoms with Gasteiger partial charge in [-0.05, 0) is 42.3 Å². The second-order valence-electron chi connectivity index (χ2n) is 6.89. The van der Waals surface area contributed by atoms with Gasteiger partial charge in [0.2, 0.25) is 5.91 Å². The minimum absolute atomic E-state index is 0.0835. The number of carbonyl (C=O) groups is 3. The maximum atomic E-state index is 13.5. The third kappa shape index (κ3) is 4.18. The first-order valence-corrected chi connectivity index (χ1v) is 9.32. The second-order valence-corrected chi connectivity index (χ2v) is 6.89. The summed E-state index contributed by atoms with van der Waals surface area (Å²) in [6.45, 7) is 3.05. The maximum Gasteiger partial charge on any atom is 0.318 e. The van der Waals surface area contributed by atoms with Gasteiger partial charge in [0.1, 0.15) is 17.6 Å². The standard InChI is InChI=1S/C22H21F2NO4/c1-3-29-22(28)20-19(27)12-18(14-4-8-16(23)9-5-14)25(13(2)26)21(20)15-6-10-17(24)11-7-15/h4-11,18,20-21H,3,12H2,1-2H3. The van der Waals surface area contributed by atoms with Crippen molar-refractivity contribution in [3.63, 3.8) is 0 Å². The molecule has 0 radical (unpaired) electrons. The lowest BCUT2D eigenvalue weighted by Gasteiger charge is -2.44. The van der Waals surface area contributed by atoms with Gasteiger partial charge in [-0.25, -0.2) is 8.78 Å². The summed E-state index contributed by atoms with van der Waals surface area (Å²) in [6, 6.07) is 9.20. The number of benzene rings is 2. The van der Waals surface area contributed by atoms with Crippen molar-refractivity contribution < 1.29 is 27.9 Å². The zero-order chi connectivity index (χ0) is 21.1. The average molecular weight is 401 g/mol. The minimum Gasteiger partial charge on any atom is -0.465 e. The predicted molar refractivity (Wildman–Crippen MR) is 101 cm³/mol. The fraction of sp³-hybridized carbons (Fsp3) is 0.318. The van der Waals surface area contributed by atoms with Crippen LogP contribution in [0.5, 0.6) is 0 Å². The van der Waals surface area contributed by atoms with Crippen molar-refractivity contribution in [3.05, 3.63) is 71.3 Å². The summed E-state index contributed by atoms with van der Waals surface area (Å²) < 4.78 is 31.9. The molecule has 0 aliphatic carbocycles. The molecule has 29 heavy (non-hydrogen) atoms. The zero-order valence-electron chi connectivity index (χ0n) is 16.1. The summed E-state index contributed by atoms with van der Waals surface area (Å²) in [5, 5.41) is 0. The number of rotatable bonds is 4. The number of piperidine rings is 1. The van der Waals surface area contributed by atoms with E-state index in [-0.39, 0.29) is 24.7 Å². The Balaban J connectivity index is 2.13. The Bertz CT molecular complexity index is 911. The summed E-state index contributed by atoms with van der Waals surface area (Å²) in [5.74, 6) is -3.62. The van der Waals surface area contributed by atoms with Crippen molar-refractivity contribution in [2.45, 2.75) is 32.4 Å². The molecule has 1 saturated heterocycles. The molecule has 3 unspecified atom stereocenters. The fourth-order valence-electron chi connectivity index (χ4n) is 3.83. The van der Waals surface area contributed by atoms with Crippen LogP contribution in [-0.4, -0.2) is 29.2 Å². The highest BCUT2D eigenvalue weighted by Crippen LogP contribution is 2.44. The maximum absolute atomic E-state index is 13.5. The normalized spacial score (nSPS) is 21.7. The van der Waals surface area contributed by atoms with Crippen LogP contribution < -0.4 is 0 Å². The summed E-state index contributed by atoms with van der Waals surface area (Å²) in [5.41, 5.74) is 1.02. The molecule has 1 aliphatic heterocycles. The largest absolute Gasteiger partial charge is 0.465 e. The Morgan fingerprint density at radius 2 is 1.52 bits per heavy atom. The molecule has 5 nitrogen and oxygen atoms in total. The smallest absolute Gasteiger partial charge is 0.318 e. The highest BCUT2D eigenvalue weighted by Gasteiger charge is 2.49. The molecule has 0 spiro atoms. The quantitative estimate of drug-likeness (QED) is 0.578. The highest BCUT2D eigenvalue weighted by atomic mass is 19.1. The average Bonchev–Trinajstić information content (AvgIpc) is 2.68. The topological polar surface area (TPSA) is 63.7 Å². The van der Waals surface area contributed by atoms with Gasteiger partial charge in [-0.3, -0.25) is 14.4 Å². The van der Waals surface area contributed by atoms with Gasteiger partial charge in [-0.15, -0.1) is 0 Å². The number of hydrogen-bond donors (Lipinski definition) is 0. The number of likely N-dealkylation sites (tertiary alicyclic amines) is 1. The van der Waals surface area contributed by atoms with Crippen molar-refractivity contribution in [2.75, 3.05) is 6.61 Å². The van der Waals surface area contributed by atoms with Gasteiger partial charge in [0.05, 0.1) is 18.7 Å². The van der Waals surface area contributed by atoms with Crippen LogP contribution in [-0.2, 0) is 19.1 Å². The molecule has 1 aliphatic rings. The van der Waals surface area contributed by atoms with E-state index in [0.717, 1.165) is 0 Å². The number of carbonyl (C=O) groups excluding carboxylic acids is 3. The minimum atomic E-state index is -1.22. The molecular weight excluding hydrogens is 380 g/mol. The van der Waals surface area contributed by atoms with Crippen LogP contribution in [0.3, 0.4) is 0 Å². The number of ketones is 1. The zero-order valence-corrected chi connectivity index (χ0v) is 16.1. The van der Waals surface area contributed by atoms with Crippen LogP contribution in [0.25, 0.3) is 0 Å². The van der Waals surface area contributed by atoms with Gasteiger partial charge < -0.3 is 9.64 Å². The van der Waals surface area contributed by atoms with Crippen molar-refractivity contribution >= 4 is 17.7 Å². The van der Waals surface area contributed by atoms with Crippen LogP contribution in [0.1, 0.15) is 43.5 Å². The monoisotopic (exact) mass is 401 g/mol. The first-order chi connectivity index (χ1) is 13.8. The number of esters is 1. The Labute approximate surface area is 167 Å². The van der Waals surface area contributed by atoms with Gasteiger partial charge in [0.15, 0.2) is 5.78 Å². The molecule has 3 rings (SSSR count). The molecular formula is C22H21F2NO4. The molecule has 1 heterocycles. The van der Waals surface area contributed by atoms with Gasteiger partial charge in [-0.2, -0.15) is 0 Å². The van der Waals surface area contributed by atoms with Crippen LogP contribution >= 0.6 is 0 Å². The third-order valence-electron chi connectivity index (χ3n) is 5.06. The molecule has 2 aromatic rings. The number of ether oxygens (including phenoxy) is 1. The molecule has 0 bridgehead atoms. The molecule has 2 aromatic carbocycles. The molecule has 3 atom stereocenters. The van der Waals surface area contributed by atoms with E-state index in [9.17, 15) is 23.2 Å². The van der Waals surface area contributed by atoms with Gasteiger partial charge in [-0.1, -0.05) is 24.3 Å². The summed E-state index contributed by atoms with van der Waals surface area (Å²) >= 11 is 0. The van der Waals surface area contributed by atoms with Crippen LogP contribution in [0.4, 0.5) is 8.78 Å². The Morgan fingerprint density at radius 3 is 2.00 bits per heavy atom. The summed E-state index contributed by atoms with van der Waals surface area (Å²) in [4.78, 5) is 39.7. The van der Waals surface area contributed by atoms with E-state index >= 15 is 0 Å². The van der Waals surface area contributed by atoms with Crippen molar-refractivity contribution in [1.82, 2.24) is 4.90 Å². The molecule has 152 valence electrons. The molecule has 1 amide bonds. The van der Waals surface area contributed by atoms with Gasteiger partial charge >= 0.3 is 5.97 Å². The molecule has 0 N–H and O–H groups in total. The lowest BCUT2D eigenvalue weighted by Crippen LogP contribution is -2.50. The van der Waals surface area contributed by atoms with E-state index in [1.807, 2.05) is 0 Å². The first kappa shape index (κ1) is 20.6. The lowest BCUT2D eigenvalue weighted by molar-refractivity contribution is -0.161. The fourth-order valence-corrected chi connectivity index (χ4v) is 3.83. The number of hydrogen-bond acceptors (Lipinski definition) is 4. The van der Waals surface area contributed by atoms with Crippen LogP contribution in [0.15, 0.2) is 48.5 Å². The van der Waals surface area contributed by atoms with Gasteiger partial charge in [0.25, 0.3) is 0 Å². The molecule has 0 saturated carbocycles.